The number of hydrogen-bond donors (Lipinski definition) is 0. The van der Waals surface area contributed by atoms with Crippen LogP contribution < -0.4 is 0 Å². The first-order chi connectivity index (χ1) is 8.29. The highest BCUT2D eigenvalue weighted by atomic mass is 16.5. The van der Waals surface area contributed by atoms with Crippen LogP contribution in [0.15, 0.2) is 24.3 Å². The molecule has 0 heterocycles. The normalized spacial score (nSPS) is 16.8. The van der Waals surface area contributed by atoms with Crippen LogP contribution in [0.3, 0.4) is 0 Å². The van der Waals surface area contributed by atoms with Crippen LogP contribution in [-0.2, 0) is 16.0 Å². The topological polar surface area (TPSA) is 26.3 Å². The molecule has 1 fully saturated rings. The molecule has 0 bridgehead atoms. The Balaban J connectivity index is 2.07. The second-order valence-corrected chi connectivity index (χ2v) is 4.83. The molecule has 0 aromatic heterocycles. The lowest BCUT2D eigenvalue weighted by atomic mass is 9.83. The lowest BCUT2D eigenvalue weighted by molar-refractivity contribution is -0.139. The molecule has 1 aromatic rings. The highest BCUT2D eigenvalue weighted by Gasteiger charge is 2.15. The van der Waals surface area contributed by atoms with E-state index in [2.05, 4.69) is 18.2 Å². The van der Waals surface area contributed by atoms with E-state index in [-0.39, 0.29) is 5.97 Å². The molecule has 1 aliphatic rings. The largest absolute Gasteiger partial charge is 0.469 e. The van der Waals surface area contributed by atoms with Crippen LogP contribution in [-0.4, -0.2) is 13.1 Å². The van der Waals surface area contributed by atoms with Gasteiger partial charge in [-0.1, -0.05) is 43.5 Å². The highest BCUT2D eigenvalue weighted by Crippen LogP contribution is 2.32. The van der Waals surface area contributed by atoms with Crippen molar-refractivity contribution in [2.75, 3.05) is 7.11 Å². The summed E-state index contributed by atoms with van der Waals surface area (Å²) in [6.07, 6.45) is 7.02. The van der Waals surface area contributed by atoms with Gasteiger partial charge in [-0.3, -0.25) is 4.79 Å². The van der Waals surface area contributed by atoms with Crippen LogP contribution in [0.4, 0.5) is 0 Å². The Morgan fingerprint density at radius 3 is 2.76 bits per heavy atom. The summed E-state index contributed by atoms with van der Waals surface area (Å²) in [6.45, 7) is 0. The van der Waals surface area contributed by atoms with Crippen molar-refractivity contribution in [2.45, 2.75) is 44.4 Å². The van der Waals surface area contributed by atoms with Crippen LogP contribution in [0.1, 0.15) is 49.1 Å². The molecule has 2 rings (SSSR count). The minimum Gasteiger partial charge on any atom is -0.469 e. The molecule has 1 aliphatic carbocycles. The van der Waals surface area contributed by atoms with Gasteiger partial charge in [0.2, 0.25) is 0 Å². The fourth-order valence-electron chi connectivity index (χ4n) is 2.63. The molecule has 0 spiro atoms. The molecule has 0 atom stereocenters. The zero-order valence-electron chi connectivity index (χ0n) is 10.4. The average Bonchev–Trinajstić information content (AvgIpc) is 2.40. The molecule has 0 N–H and O–H groups in total. The number of methoxy groups -OCH3 is 1. The van der Waals surface area contributed by atoms with Crippen molar-refractivity contribution in [3.05, 3.63) is 35.4 Å². The van der Waals surface area contributed by atoms with Crippen molar-refractivity contribution < 1.29 is 9.53 Å². The number of ether oxygens (including phenoxy) is 1. The molecule has 2 nitrogen and oxygen atoms in total. The fourth-order valence-corrected chi connectivity index (χ4v) is 2.63. The van der Waals surface area contributed by atoms with E-state index in [4.69, 9.17) is 4.74 Å². The van der Waals surface area contributed by atoms with Crippen LogP contribution in [0.25, 0.3) is 0 Å². The summed E-state index contributed by atoms with van der Waals surface area (Å²) in [5, 5.41) is 0. The molecule has 0 amide bonds. The Bertz CT molecular complexity index is 378. The summed E-state index contributed by atoms with van der Waals surface area (Å²) in [6, 6.07) is 8.43. The molecule has 0 unspecified atom stereocenters. The Morgan fingerprint density at radius 2 is 2.06 bits per heavy atom. The van der Waals surface area contributed by atoms with Crippen molar-refractivity contribution in [1.29, 1.82) is 0 Å². The predicted octanol–water partition coefficient (Wildman–Crippen LogP) is 3.45. The van der Waals surface area contributed by atoms with Gasteiger partial charge in [0.25, 0.3) is 0 Å². The summed E-state index contributed by atoms with van der Waals surface area (Å²) in [7, 11) is 1.44. The Hall–Kier alpha value is -1.31. The first kappa shape index (κ1) is 12.2. The van der Waals surface area contributed by atoms with Crippen molar-refractivity contribution in [2.24, 2.45) is 0 Å². The van der Waals surface area contributed by atoms with Gasteiger partial charge >= 0.3 is 5.97 Å². The van der Waals surface area contributed by atoms with Crippen LogP contribution >= 0.6 is 0 Å². The summed E-state index contributed by atoms with van der Waals surface area (Å²) in [5.41, 5.74) is 2.46. The van der Waals surface area contributed by atoms with E-state index in [1.165, 1.54) is 44.8 Å². The number of esters is 1. The number of rotatable bonds is 3. The van der Waals surface area contributed by atoms with Gasteiger partial charge < -0.3 is 4.74 Å². The summed E-state index contributed by atoms with van der Waals surface area (Å²) in [4.78, 5) is 11.2. The zero-order valence-corrected chi connectivity index (χ0v) is 10.4. The second kappa shape index (κ2) is 5.85. The molecular weight excluding hydrogens is 212 g/mol. The van der Waals surface area contributed by atoms with Gasteiger partial charge in [-0.15, -0.1) is 0 Å². The average molecular weight is 232 g/mol. The lowest BCUT2D eigenvalue weighted by Crippen LogP contribution is -2.07. The molecule has 92 valence electrons. The Morgan fingerprint density at radius 1 is 1.29 bits per heavy atom. The SMILES string of the molecule is COC(=O)Cc1cccc(C2CCCCC2)c1. The summed E-state index contributed by atoms with van der Waals surface area (Å²) in [5.74, 6) is 0.534. The molecule has 0 aliphatic heterocycles. The van der Waals surface area contributed by atoms with E-state index in [9.17, 15) is 4.79 Å². The highest BCUT2D eigenvalue weighted by molar-refractivity contribution is 5.72. The first-order valence-electron chi connectivity index (χ1n) is 6.45. The quantitative estimate of drug-likeness (QED) is 0.746. The predicted molar refractivity (Wildman–Crippen MR) is 68.0 cm³/mol. The molecular formula is C15H20O2. The maximum atomic E-state index is 11.2. The van der Waals surface area contributed by atoms with Crippen LogP contribution in [0.5, 0.6) is 0 Å². The van der Waals surface area contributed by atoms with E-state index in [1.54, 1.807) is 0 Å². The van der Waals surface area contributed by atoms with Crippen molar-refractivity contribution in [3.63, 3.8) is 0 Å². The van der Waals surface area contributed by atoms with Gasteiger partial charge in [0.15, 0.2) is 0 Å². The lowest BCUT2D eigenvalue weighted by Gasteiger charge is -2.22. The fraction of sp³-hybridized carbons (Fsp3) is 0.533. The number of benzene rings is 1. The smallest absolute Gasteiger partial charge is 0.309 e. The zero-order chi connectivity index (χ0) is 12.1. The molecule has 17 heavy (non-hydrogen) atoms. The third-order valence-corrected chi connectivity index (χ3v) is 3.60. The van der Waals surface area contributed by atoms with Gasteiger partial charge in [-0.2, -0.15) is 0 Å². The van der Waals surface area contributed by atoms with Crippen molar-refractivity contribution in [1.82, 2.24) is 0 Å². The molecule has 0 radical (unpaired) electrons. The Kier molecular flexibility index (Phi) is 4.18. The minimum absolute atomic E-state index is 0.161. The number of carbonyl (C=O) groups excluding carboxylic acids is 1. The van der Waals surface area contributed by atoms with E-state index in [1.807, 2.05) is 6.07 Å². The van der Waals surface area contributed by atoms with Gasteiger partial charge in [-0.05, 0) is 29.9 Å². The molecule has 1 aromatic carbocycles. The third-order valence-electron chi connectivity index (χ3n) is 3.60. The maximum absolute atomic E-state index is 11.2. The molecule has 0 saturated heterocycles. The van der Waals surface area contributed by atoms with Gasteiger partial charge in [0.05, 0.1) is 13.5 Å². The number of carbonyl (C=O) groups is 1. The van der Waals surface area contributed by atoms with Gasteiger partial charge in [-0.25, -0.2) is 0 Å². The second-order valence-electron chi connectivity index (χ2n) is 4.83. The minimum atomic E-state index is -0.161. The first-order valence-corrected chi connectivity index (χ1v) is 6.45. The Labute approximate surface area is 103 Å². The standard InChI is InChI=1S/C15H20O2/c1-17-15(16)11-12-6-5-9-14(10-12)13-7-3-2-4-8-13/h5-6,9-10,13H,2-4,7-8,11H2,1H3. The summed E-state index contributed by atoms with van der Waals surface area (Å²) < 4.78 is 4.70. The van der Waals surface area contributed by atoms with Gasteiger partial charge in [0, 0.05) is 0 Å². The molecule has 1 saturated carbocycles. The maximum Gasteiger partial charge on any atom is 0.309 e. The van der Waals surface area contributed by atoms with Crippen LogP contribution in [0, 0.1) is 0 Å². The summed E-state index contributed by atoms with van der Waals surface area (Å²) >= 11 is 0. The van der Waals surface area contributed by atoms with Gasteiger partial charge in [0.1, 0.15) is 0 Å². The molecule has 2 heteroatoms. The number of hydrogen-bond acceptors (Lipinski definition) is 2. The van der Waals surface area contributed by atoms with Crippen molar-refractivity contribution in [3.8, 4) is 0 Å². The van der Waals surface area contributed by atoms with E-state index < -0.39 is 0 Å². The van der Waals surface area contributed by atoms with Crippen molar-refractivity contribution >= 4 is 5.97 Å². The third kappa shape index (κ3) is 3.32. The van der Waals surface area contributed by atoms with E-state index in [0.29, 0.717) is 12.3 Å². The monoisotopic (exact) mass is 232 g/mol. The van der Waals surface area contributed by atoms with Crippen LogP contribution in [0.2, 0.25) is 0 Å². The van der Waals surface area contributed by atoms with E-state index in [0.717, 1.165) is 5.56 Å². The van der Waals surface area contributed by atoms with E-state index >= 15 is 0 Å².